The molecule has 0 aromatic heterocycles. The molecule has 0 aliphatic rings. The van der Waals surface area contributed by atoms with Crippen LogP contribution in [-0.2, 0) is 19.1 Å². The molecule has 0 amide bonds. The Labute approximate surface area is 110 Å². The van der Waals surface area contributed by atoms with Crippen LogP contribution < -0.4 is 0 Å². The number of unbranched alkanes of at least 4 members (excludes halogenated alkanes) is 4. The lowest BCUT2D eigenvalue weighted by molar-refractivity contribution is -0.157. The molecule has 0 aromatic rings. The third kappa shape index (κ3) is 10.1. The Morgan fingerprint density at radius 1 is 1.00 bits per heavy atom. The molecule has 106 valence electrons. The second-order valence-electron chi connectivity index (χ2n) is 4.52. The summed E-state index contributed by atoms with van der Waals surface area (Å²) in [5.41, 5.74) is 0. The van der Waals surface area contributed by atoms with Gasteiger partial charge in [0.25, 0.3) is 0 Å². The molecule has 0 N–H and O–H groups in total. The van der Waals surface area contributed by atoms with Gasteiger partial charge in [0.1, 0.15) is 6.42 Å². The van der Waals surface area contributed by atoms with Crippen LogP contribution in [0.4, 0.5) is 0 Å². The van der Waals surface area contributed by atoms with Gasteiger partial charge in [0.05, 0.1) is 12.7 Å². The molecule has 0 rings (SSSR count). The number of esters is 2. The third-order valence-electron chi connectivity index (χ3n) is 2.71. The minimum Gasteiger partial charge on any atom is -0.465 e. The maximum absolute atomic E-state index is 11.3. The SMILES string of the molecule is CCCCCCCOC(=O)CC(=O)OC(C)CC. The zero-order valence-electron chi connectivity index (χ0n) is 11.9. The summed E-state index contributed by atoms with van der Waals surface area (Å²) in [5.74, 6) is -0.987. The first-order valence-electron chi connectivity index (χ1n) is 6.95. The Bertz CT molecular complexity index is 238. The van der Waals surface area contributed by atoms with Crippen LogP contribution in [0, 0.1) is 0 Å². The molecule has 0 saturated carbocycles. The van der Waals surface area contributed by atoms with Crippen LogP contribution in [0.15, 0.2) is 0 Å². The van der Waals surface area contributed by atoms with E-state index in [1.54, 1.807) is 6.92 Å². The van der Waals surface area contributed by atoms with Gasteiger partial charge in [-0.05, 0) is 19.8 Å². The van der Waals surface area contributed by atoms with Crippen LogP contribution in [0.3, 0.4) is 0 Å². The predicted octanol–water partition coefficient (Wildman–Crippen LogP) is 3.23. The molecule has 4 heteroatoms. The number of hydrogen-bond donors (Lipinski definition) is 0. The monoisotopic (exact) mass is 258 g/mol. The van der Waals surface area contributed by atoms with Gasteiger partial charge >= 0.3 is 11.9 Å². The minimum absolute atomic E-state index is 0.139. The number of rotatable bonds is 10. The Morgan fingerprint density at radius 2 is 1.67 bits per heavy atom. The van der Waals surface area contributed by atoms with Crippen molar-refractivity contribution < 1.29 is 19.1 Å². The van der Waals surface area contributed by atoms with Crippen LogP contribution in [-0.4, -0.2) is 24.6 Å². The van der Waals surface area contributed by atoms with E-state index in [1.807, 2.05) is 6.92 Å². The topological polar surface area (TPSA) is 52.6 Å². The van der Waals surface area contributed by atoms with Gasteiger partial charge in [0.2, 0.25) is 0 Å². The molecule has 0 aliphatic carbocycles. The summed E-state index contributed by atoms with van der Waals surface area (Å²) in [6.45, 7) is 6.28. The molecule has 0 heterocycles. The lowest BCUT2D eigenvalue weighted by Gasteiger charge is -2.10. The number of ether oxygens (including phenoxy) is 2. The highest BCUT2D eigenvalue weighted by atomic mass is 16.6. The number of carbonyl (C=O) groups excluding carboxylic acids is 2. The molecule has 1 unspecified atom stereocenters. The molecule has 0 spiro atoms. The van der Waals surface area contributed by atoms with E-state index in [-0.39, 0.29) is 12.5 Å². The Balaban J connectivity index is 3.50. The summed E-state index contributed by atoms with van der Waals surface area (Å²) >= 11 is 0. The fraction of sp³-hybridized carbons (Fsp3) is 0.857. The number of carbonyl (C=O) groups is 2. The summed E-state index contributed by atoms with van der Waals surface area (Å²) in [7, 11) is 0. The van der Waals surface area contributed by atoms with Crippen molar-refractivity contribution in [1.82, 2.24) is 0 Å². The van der Waals surface area contributed by atoms with Crippen LogP contribution in [0.5, 0.6) is 0 Å². The second kappa shape index (κ2) is 11.1. The highest BCUT2D eigenvalue weighted by Gasteiger charge is 2.14. The summed E-state index contributed by atoms with van der Waals surface area (Å²) < 4.78 is 9.96. The van der Waals surface area contributed by atoms with E-state index in [0.717, 1.165) is 19.3 Å². The molecule has 18 heavy (non-hydrogen) atoms. The smallest absolute Gasteiger partial charge is 0.317 e. The molecular weight excluding hydrogens is 232 g/mol. The maximum Gasteiger partial charge on any atom is 0.317 e. The van der Waals surface area contributed by atoms with E-state index in [2.05, 4.69) is 6.92 Å². The molecule has 0 radical (unpaired) electrons. The minimum atomic E-state index is -0.500. The highest BCUT2D eigenvalue weighted by Crippen LogP contribution is 2.04. The van der Waals surface area contributed by atoms with E-state index in [1.165, 1.54) is 19.3 Å². The first-order valence-corrected chi connectivity index (χ1v) is 6.95. The van der Waals surface area contributed by atoms with Crippen molar-refractivity contribution in [2.75, 3.05) is 6.61 Å². The van der Waals surface area contributed by atoms with Gasteiger partial charge in [-0.25, -0.2) is 0 Å². The molecule has 0 aliphatic heterocycles. The van der Waals surface area contributed by atoms with Gasteiger partial charge in [-0.2, -0.15) is 0 Å². The standard InChI is InChI=1S/C14H26O4/c1-4-6-7-8-9-10-17-13(15)11-14(16)18-12(3)5-2/h12H,4-11H2,1-3H3. The van der Waals surface area contributed by atoms with Crippen LogP contribution in [0.1, 0.15) is 65.7 Å². The van der Waals surface area contributed by atoms with Gasteiger partial charge in [0.15, 0.2) is 0 Å². The van der Waals surface area contributed by atoms with Crippen LogP contribution >= 0.6 is 0 Å². The van der Waals surface area contributed by atoms with Crippen LogP contribution in [0.25, 0.3) is 0 Å². The summed E-state index contributed by atoms with van der Waals surface area (Å²) in [6.07, 6.45) is 5.85. The van der Waals surface area contributed by atoms with Crippen molar-refractivity contribution in [3.63, 3.8) is 0 Å². The average molecular weight is 258 g/mol. The highest BCUT2D eigenvalue weighted by molar-refractivity contribution is 5.91. The van der Waals surface area contributed by atoms with Gasteiger partial charge in [-0.3, -0.25) is 9.59 Å². The molecular formula is C14H26O4. The molecule has 0 saturated heterocycles. The quantitative estimate of drug-likeness (QED) is 0.343. The normalized spacial score (nSPS) is 11.9. The number of hydrogen-bond acceptors (Lipinski definition) is 4. The fourth-order valence-corrected chi connectivity index (χ4v) is 1.41. The Hall–Kier alpha value is -1.06. The van der Waals surface area contributed by atoms with E-state index in [4.69, 9.17) is 9.47 Å². The lowest BCUT2D eigenvalue weighted by atomic mass is 10.2. The Kier molecular flexibility index (Phi) is 10.4. The lowest BCUT2D eigenvalue weighted by Crippen LogP contribution is -2.18. The molecule has 0 bridgehead atoms. The predicted molar refractivity (Wildman–Crippen MR) is 70.2 cm³/mol. The summed E-state index contributed by atoms with van der Waals surface area (Å²) in [4.78, 5) is 22.6. The first kappa shape index (κ1) is 16.9. The summed E-state index contributed by atoms with van der Waals surface area (Å²) in [6, 6.07) is 0. The van der Waals surface area contributed by atoms with Crippen molar-refractivity contribution >= 4 is 11.9 Å². The van der Waals surface area contributed by atoms with Gasteiger partial charge < -0.3 is 9.47 Å². The third-order valence-corrected chi connectivity index (χ3v) is 2.71. The largest absolute Gasteiger partial charge is 0.465 e. The average Bonchev–Trinajstić information content (AvgIpc) is 2.33. The van der Waals surface area contributed by atoms with Gasteiger partial charge in [-0.15, -0.1) is 0 Å². The van der Waals surface area contributed by atoms with Crippen LogP contribution in [0.2, 0.25) is 0 Å². The van der Waals surface area contributed by atoms with Crippen molar-refractivity contribution in [1.29, 1.82) is 0 Å². The van der Waals surface area contributed by atoms with Crippen molar-refractivity contribution in [3.8, 4) is 0 Å². The van der Waals surface area contributed by atoms with Gasteiger partial charge in [0, 0.05) is 0 Å². The Morgan fingerprint density at radius 3 is 2.28 bits per heavy atom. The van der Waals surface area contributed by atoms with E-state index < -0.39 is 11.9 Å². The molecule has 0 fully saturated rings. The fourth-order valence-electron chi connectivity index (χ4n) is 1.41. The van der Waals surface area contributed by atoms with Crippen molar-refractivity contribution in [2.45, 2.75) is 71.8 Å². The van der Waals surface area contributed by atoms with Crippen molar-refractivity contribution in [3.05, 3.63) is 0 Å². The van der Waals surface area contributed by atoms with E-state index in [9.17, 15) is 9.59 Å². The zero-order valence-corrected chi connectivity index (χ0v) is 11.9. The molecule has 1 atom stereocenters. The first-order chi connectivity index (χ1) is 8.60. The second-order valence-corrected chi connectivity index (χ2v) is 4.52. The van der Waals surface area contributed by atoms with E-state index in [0.29, 0.717) is 6.61 Å². The molecule has 0 aromatic carbocycles. The van der Waals surface area contributed by atoms with E-state index >= 15 is 0 Å². The summed E-state index contributed by atoms with van der Waals surface area (Å²) in [5, 5.41) is 0. The maximum atomic E-state index is 11.3. The zero-order chi connectivity index (χ0) is 13.8. The molecule has 4 nitrogen and oxygen atoms in total. The van der Waals surface area contributed by atoms with Crippen molar-refractivity contribution in [2.24, 2.45) is 0 Å². The van der Waals surface area contributed by atoms with Gasteiger partial charge in [-0.1, -0.05) is 39.5 Å².